The van der Waals surface area contributed by atoms with Gasteiger partial charge in [0.25, 0.3) is 0 Å². The molecule has 1 saturated carbocycles. The van der Waals surface area contributed by atoms with Gasteiger partial charge in [-0.25, -0.2) is 9.78 Å². The van der Waals surface area contributed by atoms with Gasteiger partial charge in [-0.2, -0.15) is 0 Å². The van der Waals surface area contributed by atoms with Crippen LogP contribution < -0.4 is 4.90 Å². The number of aryl methyl sites for hydroxylation is 1. The molecule has 0 aliphatic heterocycles. The topological polar surface area (TPSA) is 58.4 Å². The Morgan fingerprint density at radius 3 is 2.65 bits per heavy atom. The Hall–Kier alpha value is -2.34. The van der Waals surface area contributed by atoms with Crippen LogP contribution in [0, 0.1) is 0 Å². The molecule has 136 valence electrons. The number of aromatic carboxylic acids is 1. The number of benzene rings is 1. The highest BCUT2D eigenvalue weighted by atomic mass is 32.1. The first-order valence-corrected chi connectivity index (χ1v) is 9.84. The van der Waals surface area contributed by atoms with Crippen LogP contribution in [0.15, 0.2) is 23.6 Å². The molecule has 1 aliphatic rings. The molecule has 1 fully saturated rings. The van der Waals surface area contributed by atoms with Crippen LogP contribution in [0.25, 0.3) is 22.3 Å². The van der Waals surface area contributed by atoms with Crippen LogP contribution in [0.4, 0.5) is 5.13 Å². The van der Waals surface area contributed by atoms with E-state index in [0.29, 0.717) is 11.5 Å². The van der Waals surface area contributed by atoms with Gasteiger partial charge in [-0.15, -0.1) is 11.3 Å². The number of thiazole rings is 1. The van der Waals surface area contributed by atoms with E-state index >= 15 is 0 Å². The fourth-order valence-corrected chi connectivity index (χ4v) is 4.86. The molecule has 5 nitrogen and oxygen atoms in total. The molecule has 0 unspecified atom stereocenters. The Kier molecular flexibility index (Phi) is 4.23. The van der Waals surface area contributed by atoms with E-state index in [2.05, 4.69) is 9.95 Å². The SMILES string of the molecule is CN(C)c1nc(-c2c(C3CCCC3)c3ccc(C(=O)O)cc3n2C)cs1. The Labute approximate surface area is 156 Å². The number of anilines is 1. The molecule has 1 aliphatic carbocycles. The third kappa shape index (κ3) is 2.69. The van der Waals surface area contributed by atoms with Gasteiger partial charge in [0, 0.05) is 37.4 Å². The second kappa shape index (κ2) is 6.43. The normalized spacial score (nSPS) is 15.0. The first-order valence-electron chi connectivity index (χ1n) is 8.96. The van der Waals surface area contributed by atoms with Crippen molar-refractivity contribution < 1.29 is 9.90 Å². The van der Waals surface area contributed by atoms with E-state index in [-0.39, 0.29) is 0 Å². The summed E-state index contributed by atoms with van der Waals surface area (Å²) in [5, 5.41) is 13.6. The molecular formula is C20H23N3O2S. The molecule has 0 atom stereocenters. The number of carboxylic acids is 1. The van der Waals surface area contributed by atoms with Gasteiger partial charge in [0.2, 0.25) is 0 Å². The zero-order valence-electron chi connectivity index (χ0n) is 15.3. The first-order chi connectivity index (χ1) is 12.5. The van der Waals surface area contributed by atoms with Crippen LogP contribution in [0.2, 0.25) is 0 Å². The standard InChI is InChI=1S/C20H23N3O2S/c1-22(2)20-21-15(11-26-20)18-17(12-6-4-5-7-12)14-9-8-13(19(24)25)10-16(14)23(18)3/h8-12H,4-7H2,1-3H3,(H,24,25). The Morgan fingerprint density at radius 2 is 2.04 bits per heavy atom. The summed E-state index contributed by atoms with van der Waals surface area (Å²) in [6.07, 6.45) is 4.90. The van der Waals surface area contributed by atoms with Crippen LogP contribution in [-0.2, 0) is 7.05 Å². The Morgan fingerprint density at radius 1 is 1.31 bits per heavy atom. The van der Waals surface area contributed by atoms with E-state index in [0.717, 1.165) is 22.0 Å². The maximum absolute atomic E-state index is 11.4. The fourth-order valence-electron chi connectivity index (χ4n) is 4.11. The molecule has 0 amide bonds. The van der Waals surface area contributed by atoms with Crippen LogP contribution in [0.5, 0.6) is 0 Å². The van der Waals surface area contributed by atoms with E-state index in [1.807, 2.05) is 32.1 Å². The number of fused-ring (bicyclic) bond motifs is 1. The van der Waals surface area contributed by atoms with Crippen molar-refractivity contribution in [1.29, 1.82) is 0 Å². The van der Waals surface area contributed by atoms with Crippen LogP contribution in [0.1, 0.15) is 47.5 Å². The predicted molar refractivity (Wildman–Crippen MR) is 107 cm³/mol. The number of carboxylic acid groups (broad SMARTS) is 1. The number of hydrogen-bond donors (Lipinski definition) is 1. The van der Waals surface area contributed by atoms with Crippen molar-refractivity contribution in [2.45, 2.75) is 31.6 Å². The minimum Gasteiger partial charge on any atom is -0.478 e. The van der Waals surface area contributed by atoms with Gasteiger partial charge in [0.1, 0.15) is 5.69 Å². The summed E-state index contributed by atoms with van der Waals surface area (Å²) in [6, 6.07) is 5.49. The van der Waals surface area contributed by atoms with Gasteiger partial charge in [0.15, 0.2) is 5.13 Å². The van der Waals surface area contributed by atoms with Gasteiger partial charge in [-0.05, 0) is 36.5 Å². The fraction of sp³-hybridized carbons (Fsp3) is 0.400. The quantitative estimate of drug-likeness (QED) is 0.723. The maximum Gasteiger partial charge on any atom is 0.335 e. The largest absolute Gasteiger partial charge is 0.478 e. The zero-order valence-corrected chi connectivity index (χ0v) is 16.1. The third-order valence-electron chi connectivity index (χ3n) is 5.37. The molecule has 2 heterocycles. The zero-order chi connectivity index (χ0) is 18.4. The van der Waals surface area contributed by atoms with E-state index in [9.17, 15) is 9.90 Å². The summed E-state index contributed by atoms with van der Waals surface area (Å²) in [6.45, 7) is 0. The van der Waals surface area contributed by atoms with E-state index < -0.39 is 5.97 Å². The number of carbonyl (C=O) groups is 1. The highest BCUT2D eigenvalue weighted by Gasteiger charge is 2.28. The molecule has 0 radical (unpaired) electrons. The monoisotopic (exact) mass is 369 g/mol. The molecule has 1 aromatic carbocycles. The van der Waals surface area contributed by atoms with Gasteiger partial charge < -0.3 is 14.6 Å². The van der Waals surface area contributed by atoms with Crippen LogP contribution in [-0.4, -0.2) is 34.7 Å². The third-order valence-corrected chi connectivity index (χ3v) is 6.38. The van der Waals surface area contributed by atoms with Crippen molar-refractivity contribution in [2.24, 2.45) is 7.05 Å². The lowest BCUT2D eigenvalue weighted by molar-refractivity contribution is 0.0697. The highest BCUT2D eigenvalue weighted by Crippen LogP contribution is 2.45. The molecule has 4 rings (SSSR count). The molecule has 3 aromatic rings. The van der Waals surface area contributed by atoms with Crippen molar-refractivity contribution in [1.82, 2.24) is 9.55 Å². The molecule has 2 aromatic heterocycles. The molecule has 1 N–H and O–H groups in total. The predicted octanol–water partition coefficient (Wildman–Crippen LogP) is 4.72. The summed E-state index contributed by atoms with van der Waals surface area (Å²) in [7, 11) is 6.03. The number of rotatable bonds is 4. The summed E-state index contributed by atoms with van der Waals surface area (Å²) in [5.74, 6) is -0.366. The van der Waals surface area contributed by atoms with Crippen LogP contribution >= 0.6 is 11.3 Å². The number of hydrogen-bond acceptors (Lipinski definition) is 4. The summed E-state index contributed by atoms with van der Waals surface area (Å²) >= 11 is 1.64. The molecule has 26 heavy (non-hydrogen) atoms. The van der Waals surface area contributed by atoms with Crippen molar-refractivity contribution in [3.8, 4) is 11.4 Å². The lowest BCUT2D eigenvalue weighted by atomic mass is 9.93. The van der Waals surface area contributed by atoms with Crippen LogP contribution in [0.3, 0.4) is 0 Å². The minimum atomic E-state index is -0.888. The van der Waals surface area contributed by atoms with Gasteiger partial charge in [0.05, 0.1) is 11.3 Å². The average molecular weight is 369 g/mol. The number of aromatic nitrogens is 2. The molecule has 0 spiro atoms. The average Bonchev–Trinajstić information content (AvgIpc) is 3.33. The van der Waals surface area contributed by atoms with Crippen molar-refractivity contribution in [3.05, 3.63) is 34.7 Å². The van der Waals surface area contributed by atoms with Gasteiger partial charge in [-0.1, -0.05) is 18.9 Å². The van der Waals surface area contributed by atoms with E-state index in [4.69, 9.17) is 4.98 Å². The maximum atomic E-state index is 11.4. The highest BCUT2D eigenvalue weighted by molar-refractivity contribution is 7.14. The van der Waals surface area contributed by atoms with E-state index in [1.54, 1.807) is 23.5 Å². The van der Waals surface area contributed by atoms with Gasteiger partial charge in [-0.3, -0.25) is 0 Å². The van der Waals surface area contributed by atoms with Crippen molar-refractivity contribution >= 4 is 33.3 Å². The number of nitrogens with zero attached hydrogens (tertiary/aromatic N) is 3. The smallest absolute Gasteiger partial charge is 0.335 e. The minimum absolute atomic E-state index is 0.329. The van der Waals surface area contributed by atoms with E-state index in [1.165, 1.54) is 36.6 Å². The Bertz CT molecular complexity index is 981. The lowest BCUT2D eigenvalue weighted by Crippen LogP contribution is -2.08. The second-order valence-corrected chi connectivity index (χ2v) is 8.09. The summed E-state index contributed by atoms with van der Waals surface area (Å²) in [4.78, 5) is 18.3. The second-order valence-electron chi connectivity index (χ2n) is 7.25. The lowest BCUT2D eigenvalue weighted by Gasteiger charge is -2.12. The molecule has 0 bridgehead atoms. The van der Waals surface area contributed by atoms with Crippen molar-refractivity contribution in [2.75, 3.05) is 19.0 Å². The summed E-state index contributed by atoms with van der Waals surface area (Å²) in [5.41, 5.74) is 4.76. The molecule has 6 heteroatoms. The Balaban J connectivity index is 1.98. The summed E-state index contributed by atoms with van der Waals surface area (Å²) < 4.78 is 2.13. The molecular weight excluding hydrogens is 346 g/mol. The first kappa shape index (κ1) is 17.1. The van der Waals surface area contributed by atoms with Crippen molar-refractivity contribution in [3.63, 3.8) is 0 Å². The molecule has 0 saturated heterocycles. The van der Waals surface area contributed by atoms with Gasteiger partial charge >= 0.3 is 5.97 Å².